The third-order valence-corrected chi connectivity index (χ3v) is 3.46. The summed E-state index contributed by atoms with van der Waals surface area (Å²) in [7, 11) is 1.88. The molecule has 2 heterocycles. The highest BCUT2D eigenvalue weighted by Gasteiger charge is 2.28. The summed E-state index contributed by atoms with van der Waals surface area (Å²) in [4.78, 5) is 0. The molecule has 0 atom stereocenters. The molecule has 17 heavy (non-hydrogen) atoms. The van der Waals surface area contributed by atoms with Crippen LogP contribution in [-0.4, -0.2) is 28.4 Å². The van der Waals surface area contributed by atoms with Crippen LogP contribution in [0.5, 0.6) is 0 Å². The Morgan fingerprint density at radius 1 is 1.47 bits per heavy atom. The number of anilines is 1. The fourth-order valence-corrected chi connectivity index (χ4v) is 2.32. The predicted octanol–water partition coefficient (Wildman–Crippen LogP) is 1.15. The van der Waals surface area contributed by atoms with Crippen molar-refractivity contribution in [1.82, 2.24) is 15.1 Å². The number of aromatic nitrogens is 2. The number of hydrogen-bond acceptors (Lipinski definition) is 4. The molecule has 1 aliphatic heterocycles. The van der Waals surface area contributed by atoms with E-state index in [4.69, 9.17) is 0 Å². The first-order chi connectivity index (χ1) is 8.06. The summed E-state index contributed by atoms with van der Waals surface area (Å²) in [5.41, 5.74) is 1.50. The van der Waals surface area contributed by atoms with Gasteiger partial charge in [-0.2, -0.15) is 10.4 Å². The van der Waals surface area contributed by atoms with Crippen molar-refractivity contribution in [3.8, 4) is 6.07 Å². The number of piperidine rings is 1. The molecule has 0 saturated carbocycles. The molecule has 1 fully saturated rings. The van der Waals surface area contributed by atoms with Gasteiger partial charge in [0.05, 0.1) is 5.69 Å². The number of aryl methyl sites for hydroxylation is 2. The van der Waals surface area contributed by atoms with E-state index in [1.165, 1.54) is 0 Å². The Balaban J connectivity index is 2.26. The van der Waals surface area contributed by atoms with Crippen molar-refractivity contribution in [3.05, 3.63) is 11.3 Å². The molecule has 2 N–H and O–H groups in total. The molecule has 5 heteroatoms. The van der Waals surface area contributed by atoms with E-state index in [2.05, 4.69) is 28.7 Å². The molecule has 0 amide bonds. The molecule has 1 aromatic heterocycles. The van der Waals surface area contributed by atoms with Crippen LogP contribution >= 0.6 is 0 Å². The smallest absolute Gasteiger partial charge is 0.142 e. The van der Waals surface area contributed by atoms with Crippen molar-refractivity contribution in [1.29, 1.82) is 5.26 Å². The van der Waals surface area contributed by atoms with Gasteiger partial charge in [-0.1, -0.05) is 0 Å². The minimum absolute atomic E-state index is 0.0527. The minimum Gasteiger partial charge on any atom is -0.364 e. The van der Waals surface area contributed by atoms with E-state index in [0.717, 1.165) is 37.4 Å². The summed E-state index contributed by atoms with van der Waals surface area (Å²) >= 11 is 0. The Morgan fingerprint density at radius 3 is 2.71 bits per heavy atom. The topological polar surface area (TPSA) is 65.7 Å². The van der Waals surface area contributed by atoms with Crippen LogP contribution in [0.1, 0.15) is 31.0 Å². The predicted molar refractivity (Wildman–Crippen MR) is 66.8 cm³/mol. The number of nitrogens with one attached hydrogen (secondary N) is 2. The molecule has 1 saturated heterocycles. The number of rotatable bonds is 2. The van der Waals surface area contributed by atoms with Gasteiger partial charge in [-0.05, 0) is 39.8 Å². The number of hydrogen-bond donors (Lipinski definition) is 2. The summed E-state index contributed by atoms with van der Waals surface area (Å²) in [6, 6.07) is 2.23. The lowest BCUT2D eigenvalue weighted by atomic mass is 9.90. The van der Waals surface area contributed by atoms with Crippen LogP contribution < -0.4 is 10.6 Å². The van der Waals surface area contributed by atoms with Crippen LogP contribution in [0, 0.1) is 18.3 Å². The zero-order chi connectivity index (χ0) is 12.5. The average molecular weight is 233 g/mol. The average Bonchev–Trinajstić information content (AvgIpc) is 2.54. The molecule has 0 radical (unpaired) electrons. The van der Waals surface area contributed by atoms with E-state index in [9.17, 15) is 5.26 Å². The van der Waals surface area contributed by atoms with Crippen LogP contribution in [0.15, 0.2) is 0 Å². The van der Waals surface area contributed by atoms with E-state index in [-0.39, 0.29) is 5.54 Å². The molecule has 0 unspecified atom stereocenters. The Labute approximate surface area is 102 Å². The van der Waals surface area contributed by atoms with Gasteiger partial charge < -0.3 is 10.6 Å². The third kappa shape index (κ3) is 2.27. The first-order valence-electron chi connectivity index (χ1n) is 5.98. The van der Waals surface area contributed by atoms with Crippen LogP contribution in [0.4, 0.5) is 5.82 Å². The van der Waals surface area contributed by atoms with Crippen molar-refractivity contribution < 1.29 is 0 Å². The molecule has 1 aromatic rings. The standard InChI is InChI=1S/C12H19N5/c1-9-10(8-13)11(17(3)16-9)15-12(2)4-6-14-7-5-12/h14-15H,4-7H2,1-3H3. The second-order valence-electron chi connectivity index (χ2n) is 4.98. The molecule has 0 aromatic carbocycles. The van der Waals surface area contributed by atoms with Gasteiger partial charge in [0.1, 0.15) is 17.5 Å². The molecular weight excluding hydrogens is 214 g/mol. The van der Waals surface area contributed by atoms with E-state index >= 15 is 0 Å². The Kier molecular flexibility index (Phi) is 3.07. The third-order valence-electron chi connectivity index (χ3n) is 3.46. The molecule has 5 nitrogen and oxygen atoms in total. The van der Waals surface area contributed by atoms with E-state index < -0.39 is 0 Å². The van der Waals surface area contributed by atoms with Gasteiger partial charge in [-0.3, -0.25) is 4.68 Å². The highest BCUT2D eigenvalue weighted by molar-refractivity contribution is 5.56. The van der Waals surface area contributed by atoms with E-state index in [0.29, 0.717) is 5.56 Å². The summed E-state index contributed by atoms with van der Waals surface area (Å²) in [6.07, 6.45) is 2.12. The maximum Gasteiger partial charge on any atom is 0.142 e. The van der Waals surface area contributed by atoms with Gasteiger partial charge in [0, 0.05) is 12.6 Å². The molecule has 92 valence electrons. The zero-order valence-corrected chi connectivity index (χ0v) is 10.7. The second kappa shape index (κ2) is 4.38. The van der Waals surface area contributed by atoms with Gasteiger partial charge in [0.25, 0.3) is 0 Å². The first kappa shape index (κ1) is 11.9. The SMILES string of the molecule is Cc1nn(C)c(NC2(C)CCNCC2)c1C#N. The van der Waals surface area contributed by atoms with Crippen molar-refractivity contribution in [3.63, 3.8) is 0 Å². The zero-order valence-electron chi connectivity index (χ0n) is 10.7. The van der Waals surface area contributed by atoms with Crippen molar-refractivity contribution in [2.45, 2.75) is 32.2 Å². The highest BCUT2D eigenvalue weighted by atomic mass is 15.3. The number of nitrogens with zero attached hydrogens (tertiary/aromatic N) is 3. The summed E-state index contributed by atoms with van der Waals surface area (Å²) in [5.74, 6) is 0.842. The van der Waals surface area contributed by atoms with E-state index in [1.54, 1.807) is 4.68 Å². The minimum atomic E-state index is 0.0527. The van der Waals surface area contributed by atoms with Crippen molar-refractivity contribution in [2.24, 2.45) is 7.05 Å². The Bertz CT molecular complexity index is 448. The van der Waals surface area contributed by atoms with Crippen molar-refractivity contribution in [2.75, 3.05) is 18.4 Å². The van der Waals surface area contributed by atoms with Crippen LogP contribution in [0.3, 0.4) is 0 Å². The summed E-state index contributed by atoms with van der Waals surface area (Å²) < 4.78 is 1.77. The van der Waals surface area contributed by atoms with Gasteiger partial charge in [-0.25, -0.2) is 0 Å². The summed E-state index contributed by atoms with van der Waals surface area (Å²) in [5, 5.41) is 20.3. The van der Waals surface area contributed by atoms with Crippen LogP contribution in [0.25, 0.3) is 0 Å². The second-order valence-corrected chi connectivity index (χ2v) is 4.98. The molecule has 0 aliphatic carbocycles. The molecule has 1 aliphatic rings. The lowest BCUT2D eigenvalue weighted by Gasteiger charge is -2.35. The monoisotopic (exact) mass is 233 g/mol. The molecule has 0 spiro atoms. The largest absolute Gasteiger partial charge is 0.364 e. The summed E-state index contributed by atoms with van der Waals surface area (Å²) in [6.45, 7) is 6.11. The molecular formula is C12H19N5. The highest BCUT2D eigenvalue weighted by Crippen LogP contribution is 2.26. The van der Waals surface area contributed by atoms with Gasteiger partial charge in [0.2, 0.25) is 0 Å². The lowest BCUT2D eigenvalue weighted by Crippen LogP contribution is -2.45. The van der Waals surface area contributed by atoms with Crippen LogP contribution in [-0.2, 0) is 7.05 Å². The maximum absolute atomic E-state index is 9.17. The van der Waals surface area contributed by atoms with Gasteiger partial charge in [-0.15, -0.1) is 0 Å². The van der Waals surface area contributed by atoms with Gasteiger partial charge in [0.15, 0.2) is 0 Å². The Hall–Kier alpha value is -1.54. The lowest BCUT2D eigenvalue weighted by molar-refractivity contribution is 0.363. The van der Waals surface area contributed by atoms with Crippen LogP contribution in [0.2, 0.25) is 0 Å². The van der Waals surface area contributed by atoms with Gasteiger partial charge >= 0.3 is 0 Å². The quantitative estimate of drug-likeness (QED) is 0.804. The van der Waals surface area contributed by atoms with Crippen molar-refractivity contribution >= 4 is 5.82 Å². The van der Waals surface area contributed by atoms with E-state index in [1.807, 2.05) is 14.0 Å². The molecule has 2 rings (SSSR count). The fourth-order valence-electron chi connectivity index (χ4n) is 2.32. The first-order valence-corrected chi connectivity index (χ1v) is 5.98. The number of nitriles is 1. The normalized spacial score (nSPS) is 18.7. The maximum atomic E-state index is 9.17. The Morgan fingerprint density at radius 2 is 2.12 bits per heavy atom. The fraction of sp³-hybridized carbons (Fsp3) is 0.667. The molecule has 0 bridgehead atoms.